The van der Waals surface area contributed by atoms with Crippen molar-refractivity contribution in [1.29, 1.82) is 0 Å². The van der Waals surface area contributed by atoms with Gasteiger partial charge in [-0.1, -0.05) is 11.6 Å². The van der Waals surface area contributed by atoms with Crippen molar-refractivity contribution >= 4 is 43.0 Å². The van der Waals surface area contributed by atoms with Crippen LogP contribution >= 0.6 is 22.9 Å². The summed E-state index contributed by atoms with van der Waals surface area (Å²) >= 11 is 7.22. The molecule has 2 heterocycles. The summed E-state index contributed by atoms with van der Waals surface area (Å²) in [6, 6.07) is 7.75. The molecule has 1 saturated carbocycles. The van der Waals surface area contributed by atoms with Crippen LogP contribution in [0, 0.1) is 0 Å². The molecule has 1 aliphatic heterocycles. The molecule has 130 valence electrons. The smallest absolute Gasteiger partial charge is 0.250 e. The number of thiophene rings is 1. The lowest BCUT2D eigenvalue weighted by atomic mass is 10.2. The summed E-state index contributed by atoms with van der Waals surface area (Å²) in [4.78, 5) is 2.41. The van der Waals surface area contributed by atoms with E-state index in [4.69, 9.17) is 16.3 Å². The highest BCUT2D eigenvalue weighted by Gasteiger charge is 2.33. The van der Waals surface area contributed by atoms with Crippen LogP contribution in [0.3, 0.4) is 0 Å². The van der Waals surface area contributed by atoms with Crippen LogP contribution in [0.2, 0.25) is 5.02 Å². The molecule has 1 atom stereocenters. The SMILES string of the molecule is O=S(=O)(NCC1CN(C2CC2)CCO1)c1cc2cc(Cl)ccc2s1. The Kier molecular flexibility index (Phi) is 4.57. The van der Waals surface area contributed by atoms with Gasteiger partial charge in [0.05, 0.1) is 12.7 Å². The van der Waals surface area contributed by atoms with Crippen LogP contribution in [-0.2, 0) is 14.8 Å². The number of hydrogen-bond donors (Lipinski definition) is 1. The first-order valence-corrected chi connectivity index (χ1v) is 10.7. The normalized spacial score (nSPS) is 23.0. The molecule has 2 aromatic rings. The molecule has 24 heavy (non-hydrogen) atoms. The van der Waals surface area contributed by atoms with Gasteiger partial charge < -0.3 is 4.74 Å². The number of halogens is 1. The highest BCUT2D eigenvalue weighted by molar-refractivity contribution is 7.91. The minimum absolute atomic E-state index is 0.0852. The molecule has 1 aromatic carbocycles. The van der Waals surface area contributed by atoms with Crippen molar-refractivity contribution in [3.05, 3.63) is 29.3 Å². The van der Waals surface area contributed by atoms with Crippen molar-refractivity contribution in [2.45, 2.75) is 29.2 Å². The monoisotopic (exact) mass is 386 g/mol. The predicted octanol–water partition coefficient (Wildman–Crippen LogP) is 2.70. The van der Waals surface area contributed by atoms with E-state index in [-0.39, 0.29) is 6.10 Å². The second kappa shape index (κ2) is 6.55. The van der Waals surface area contributed by atoms with Gasteiger partial charge in [0.25, 0.3) is 0 Å². The quantitative estimate of drug-likeness (QED) is 0.858. The van der Waals surface area contributed by atoms with Gasteiger partial charge in [0, 0.05) is 35.4 Å². The molecule has 1 aliphatic carbocycles. The number of morpholine rings is 1. The van der Waals surface area contributed by atoms with Crippen LogP contribution in [0.4, 0.5) is 0 Å². The fraction of sp³-hybridized carbons (Fsp3) is 0.500. The van der Waals surface area contributed by atoms with E-state index < -0.39 is 10.0 Å². The summed E-state index contributed by atoms with van der Waals surface area (Å²) in [7, 11) is -3.53. The van der Waals surface area contributed by atoms with Crippen molar-refractivity contribution in [3.8, 4) is 0 Å². The third kappa shape index (κ3) is 3.61. The summed E-state index contributed by atoms with van der Waals surface area (Å²) in [5, 5.41) is 1.45. The van der Waals surface area contributed by atoms with Gasteiger partial charge in [0.2, 0.25) is 10.0 Å². The molecule has 2 aliphatic rings. The van der Waals surface area contributed by atoms with E-state index in [0.717, 1.165) is 23.2 Å². The standard InChI is InChI=1S/C16H19ClN2O3S2/c17-12-1-4-15-11(7-12)8-16(23-15)24(20,21)18-9-14-10-19(5-6-22-14)13-2-3-13/h1,4,7-8,13-14,18H,2-3,5-6,9-10H2. The summed E-state index contributed by atoms with van der Waals surface area (Å²) < 4.78 is 34.7. The molecule has 0 amide bonds. The second-order valence-electron chi connectivity index (χ2n) is 6.32. The molecule has 2 fully saturated rings. The number of ether oxygens (including phenoxy) is 1. The molecule has 8 heteroatoms. The van der Waals surface area contributed by atoms with Crippen molar-refractivity contribution in [1.82, 2.24) is 9.62 Å². The summed E-state index contributed by atoms with van der Waals surface area (Å²) in [5.74, 6) is 0. The van der Waals surface area contributed by atoms with Gasteiger partial charge in [-0.05, 0) is 42.5 Å². The average molecular weight is 387 g/mol. The van der Waals surface area contributed by atoms with Crippen molar-refractivity contribution < 1.29 is 13.2 Å². The average Bonchev–Trinajstić information content (AvgIpc) is 3.33. The fourth-order valence-electron chi connectivity index (χ4n) is 3.03. The van der Waals surface area contributed by atoms with E-state index >= 15 is 0 Å². The Hall–Kier alpha value is -0.700. The molecule has 1 N–H and O–H groups in total. The van der Waals surface area contributed by atoms with E-state index in [0.29, 0.717) is 28.4 Å². The summed E-state index contributed by atoms with van der Waals surface area (Å²) in [5.41, 5.74) is 0. The maximum atomic E-state index is 12.6. The fourth-order valence-corrected chi connectivity index (χ4v) is 5.70. The summed E-state index contributed by atoms with van der Waals surface area (Å²) in [6.07, 6.45) is 2.42. The maximum Gasteiger partial charge on any atom is 0.250 e. The zero-order valence-corrected chi connectivity index (χ0v) is 15.5. The lowest BCUT2D eigenvalue weighted by Gasteiger charge is -2.32. The van der Waals surface area contributed by atoms with Gasteiger partial charge in [-0.2, -0.15) is 0 Å². The van der Waals surface area contributed by atoms with Crippen LogP contribution in [0.5, 0.6) is 0 Å². The molecule has 0 bridgehead atoms. The van der Waals surface area contributed by atoms with Crippen molar-refractivity contribution in [2.75, 3.05) is 26.2 Å². The number of hydrogen-bond acceptors (Lipinski definition) is 5. The highest BCUT2D eigenvalue weighted by atomic mass is 35.5. The number of nitrogens with zero attached hydrogens (tertiary/aromatic N) is 1. The topological polar surface area (TPSA) is 58.6 Å². The van der Waals surface area contributed by atoms with Crippen LogP contribution in [-0.4, -0.2) is 51.7 Å². The predicted molar refractivity (Wildman–Crippen MR) is 96.4 cm³/mol. The Morgan fingerprint density at radius 1 is 1.33 bits per heavy atom. The maximum absolute atomic E-state index is 12.6. The Bertz CT molecular complexity index is 848. The first-order valence-electron chi connectivity index (χ1n) is 8.06. The zero-order chi connectivity index (χ0) is 16.7. The third-order valence-corrected chi connectivity index (χ3v) is 7.70. The molecule has 1 aromatic heterocycles. The Morgan fingerprint density at radius 2 is 2.17 bits per heavy atom. The van der Waals surface area contributed by atoms with Crippen molar-refractivity contribution in [3.63, 3.8) is 0 Å². The van der Waals surface area contributed by atoms with E-state index in [2.05, 4.69) is 9.62 Å². The first kappa shape index (κ1) is 16.8. The lowest BCUT2D eigenvalue weighted by molar-refractivity contribution is -0.0277. The Labute approximate surface area is 150 Å². The second-order valence-corrected chi connectivity index (χ2v) is 9.83. The third-order valence-electron chi connectivity index (χ3n) is 4.46. The minimum Gasteiger partial charge on any atom is -0.374 e. The van der Waals surface area contributed by atoms with Gasteiger partial charge in [-0.25, -0.2) is 13.1 Å². The lowest BCUT2D eigenvalue weighted by Crippen LogP contribution is -2.48. The number of fused-ring (bicyclic) bond motifs is 1. The van der Waals surface area contributed by atoms with Crippen LogP contribution in [0.15, 0.2) is 28.5 Å². The first-order chi connectivity index (χ1) is 11.5. The van der Waals surface area contributed by atoms with Gasteiger partial charge in [-0.3, -0.25) is 4.90 Å². The van der Waals surface area contributed by atoms with Gasteiger partial charge in [0.15, 0.2) is 0 Å². The van der Waals surface area contributed by atoms with Crippen LogP contribution in [0.1, 0.15) is 12.8 Å². The van der Waals surface area contributed by atoms with E-state index in [1.54, 1.807) is 18.2 Å². The molecule has 4 rings (SSSR count). The van der Waals surface area contributed by atoms with Gasteiger partial charge in [0.1, 0.15) is 4.21 Å². The minimum atomic E-state index is -3.53. The van der Waals surface area contributed by atoms with Gasteiger partial charge in [-0.15, -0.1) is 11.3 Å². The van der Waals surface area contributed by atoms with E-state index in [9.17, 15) is 8.42 Å². The molecule has 0 radical (unpaired) electrons. The molecule has 5 nitrogen and oxygen atoms in total. The van der Waals surface area contributed by atoms with E-state index in [1.165, 1.54) is 24.2 Å². The molecule has 1 unspecified atom stereocenters. The van der Waals surface area contributed by atoms with Crippen LogP contribution in [0.25, 0.3) is 10.1 Å². The summed E-state index contributed by atoms with van der Waals surface area (Å²) in [6.45, 7) is 2.73. The molecule has 0 spiro atoms. The zero-order valence-electron chi connectivity index (χ0n) is 13.1. The highest BCUT2D eigenvalue weighted by Crippen LogP contribution is 2.31. The van der Waals surface area contributed by atoms with Gasteiger partial charge >= 0.3 is 0 Å². The van der Waals surface area contributed by atoms with E-state index in [1.807, 2.05) is 6.07 Å². The molecular formula is C16H19ClN2O3S2. The number of rotatable bonds is 5. The Morgan fingerprint density at radius 3 is 2.96 bits per heavy atom. The number of nitrogens with one attached hydrogen (secondary N) is 1. The molecule has 1 saturated heterocycles. The number of benzene rings is 1. The molecular weight excluding hydrogens is 368 g/mol. The number of sulfonamides is 1. The van der Waals surface area contributed by atoms with Crippen molar-refractivity contribution in [2.24, 2.45) is 0 Å². The largest absolute Gasteiger partial charge is 0.374 e. The Balaban J connectivity index is 1.44. The van der Waals surface area contributed by atoms with Crippen LogP contribution < -0.4 is 4.72 Å².